The Morgan fingerprint density at radius 1 is 0.977 bits per heavy atom. The maximum absolute atomic E-state index is 14.9. The molecule has 0 aliphatic carbocycles. The van der Waals surface area contributed by atoms with E-state index in [0.29, 0.717) is 27.1 Å². The van der Waals surface area contributed by atoms with Crippen molar-refractivity contribution in [2.45, 2.75) is 38.1 Å². The average Bonchev–Trinajstić information content (AvgIpc) is 3.55. The van der Waals surface area contributed by atoms with Crippen LogP contribution in [0.5, 0.6) is 5.75 Å². The van der Waals surface area contributed by atoms with Gasteiger partial charge in [-0.25, -0.2) is 14.4 Å². The summed E-state index contributed by atoms with van der Waals surface area (Å²) in [6.45, 7) is -0.487. The number of ether oxygens (including phenoxy) is 1. The number of aryl methyl sites for hydroxylation is 2. The van der Waals surface area contributed by atoms with Crippen molar-refractivity contribution < 1.29 is 40.6 Å². The number of imidazole rings is 1. The number of benzene rings is 3. The molecule has 0 aliphatic heterocycles. The van der Waals surface area contributed by atoms with Gasteiger partial charge in [0, 0.05) is 34.7 Å². The number of aromatic nitrogens is 3. The monoisotopic (exact) mass is 619 g/mol. The van der Waals surface area contributed by atoms with Gasteiger partial charge in [0.1, 0.15) is 23.1 Å². The van der Waals surface area contributed by atoms with Crippen LogP contribution in [0.4, 0.5) is 26.3 Å². The molecule has 0 unspecified atom stereocenters. The number of aliphatic hydroxyl groups excluding tert-OH is 1. The second-order valence-electron chi connectivity index (χ2n) is 9.38. The summed E-state index contributed by atoms with van der Waals surface area (Å²) >= 11 is 1.25. The minimum absolute atomic E-state index is 0.0552. The highest BCUT2D eigenvalue weighted by atomic mass is 32.2. The van der Waals surface area contributed by atoms with E-state index in [0.717, 1.165) is 6.20 Å². The molecule has 0 fully saturated rings. The van der Waals surface area contributed by atoms with E-state index >= 15 is 0 Å². The Balaban J connectivity index is 1.73. The molecule has 1 N–H and O–H groups in total. The second kappa shape index (κ2) is 11.8. The van der Waals surface area contributed by atoms with Crippen LogP contribution in [0.15, 0.2) is 70.1 Å². The third-order valence-corrected chi connectivity index (χ3v) is 7.43. The van der Waals surface area contributed by atoms with Crippen LogP contribution in [0.2, 0.25) is 0 Å². The molecule has 2 aromatic heterocycles. The van der Waals surface area contributed by atoms with Crippen molar-refractivity contribution in [1.29, 1.82) is 0 Å². The number of rotatable bonds is 8. The summed E-state index contributed by atoms with van der Waals surface area (Å²) in [7, 11) is 0. The van der Waals surface area contributed by atoms with E-state index < -0.39 is 30.9 Å². The predicted molar refractivity (Wildman–Crippen MR) is 149 cm³/mol. The van der Waals surface area contributed by atoms with Gasteiger partial charge < -0.3 is 18.8 Å². The Labute approximate surface area is 246 Å². The van der Waals surface area contributed by atoms with Crippen molar-refractivity contribution in [3.05, 3.63) is 89.6 Å². The van der Waals surface area contributed by atoms with Crippen LogP contribution >= 0.6 is 11.8 Å². The molecule has 0 atom stereocenters. The van der Waals surface area contributed by atoms with E-state index in [1.165, 1.54) is 53.6 Å². The first-order valence-corrected chi connectivity index (χ1v) is 13.9. The third-order valence-electron chi connectivity index (χ3n) is 6.63. The van der Waals surface area contributed by atoms with Gasteiger partial charge >= 0.3 is 12.8 Å². The molecule has 13 heteroatoms. The largest absolute Gasteiger partial charge is 0.440 e. The standard InChI is InChI=1S/C30H23F6N3O3S/c1-15-37-26(30(34,35)36)13-39(15)24-9-6-18(19-11-23(31)22(14-40)25(12-19)43-3)10-21(24)27-28(41-16(2)38-27)17-4-7-20(8-5-17)42-29(32)33/h4-13,29,40H,14H2,1-3H3. The Morgan fingerprint density at radius 2 is 1.67 bits per heavy atom. The van der Waals surface area contributed by atoms with Crippen molar-refractivity contribution in [1.82, 2.24) is 14.5 Å². The lowest BCUT2D eigenvalue weighted by Crippen LogP contribution is -2.05. The minimum Gasteiger partial charge on any atom is -0.440 e. The molecule has 6 nitrogen and oxygen atoms in total. The van der Waals surface area contributed by atoms with Crippen molar-refractivity contribution in [2.75, 3.05) is 6.26 Å². The molecule has 0 radical (unpaired) electrons. The molecule has 43 heavy (non-hydrogen) atoms. The summed E-state index contributed by atoms with van der Waals surface area (Å²) in [6, 6.07) is 13.5. The molecule has 0 bridgehead atoms. The molecule has 224 valence electrons. The van der Waals surface area contributed by atoms with E-state index in [1.54, 1.807) is 37.4 Å². The van der Waals surface area contributed by atoms with E-state index in [2.05, 4.69) is 14.7 Å². The number of nitrogens with zero attached hydrogens (tertiary/aromatic N) is 3. The highest BCUT2D eigenvalue weighted by molar-refractivity contribution is 7.98. The van der Waals surface area contributed by atoms with Gasteiger partial charge in [0.2, 0.25) is 0 Å². The van der Waals surface area contributed by atoms with Crippen LogP contribution in [0.25, 0.3) is 39.4 Å². The smallest absolute Gasteiger partial charge is 0.434 e. The Hall–Kier alpha value is -4.23. The van der Waals surface area contributed by atoms with Crippen molar-refractivity contribution >= 4 is 11.8 Å². The third kappa shape index (κ3) is 6.13. The molecule has 0 saturated heterocycles. The predicted octanol–water partition coefficient (Wildman–Crippen LogP) is 8.45. The fourth-order valence-corrected chi connectivity index (χ4v) is 5.33. The van der Waals surface area contributed by atoms with Crippen LogP contribution in [0, 0.1) is 19.7 Å². The van der Waals surface area contributed by atoms with E-state index in [-0.39, 0.29) is 40.2 Å². The molecular weight excluding hydrogens is 596 g/mol. The first-order valence-electron chi connectivity index (χ1n) is 12.7. The van der Waals surface area contributed by atoms with E-state index in [1.807, 2.05) is 0 Å². The van der Waals surface area contributed by atoms with Gasteiger partial charge in [-0.2, -0.15) is 22.0 Å². The number of hydrogen-bond acceptors (Lipinski definition) is 6. The number of halogens is 6. The zero-order valence-corrected chi connectivity index (χ0v) is 23.7. The van der Waals surface area contributed by atoms with Gasteiger partial charge in [-0.05, 0) is 72.8 Å². The fourth-order valence-electron chi connectivity index (χ4n) is 4.68. The SMILES string of the molecule is CSc1cc(-c2ccc(-n3cc(C(F)(F)F)nc3C)c(-c3nc(C)oc3-c3ccc(OC(F)F)cc3)c2)cc(F)c1CO. The molecule has 5 rings (SSSR count). The molecule has 0 aliphatic rings. The Morgan fingerprint density at radius 3 is 2.28 bits per heavy atom. The quantitative estimate of drug-likeness (QED) is 0.139. The number of oxazole rings is 1. The summed E-state index contributed by atoms with van der Waals surface area (Å²) in [5.41, 5.74) is 1.34. The first-order chi connectivity index (χ1) is 20.4. The Bertz CT molecular complexity index is 1780. The average molecular weight is 620 g/mol. The van der Waals surface area contributed by atoms with Gasteiger partial charge in [0.25, 0.3) is 0 Å². The lowest BCUT2D eigenvalue weighted by Gasteiger charge is -2.15. The van der Waals surface area contributed by atoms with E-state index in [4.69, 9.17) is 4.42 Å². The van der Waals surface area contributed by atoms with Crippen LogP contribution < -0.4 is 4.74 Å². The fraction of sp³-hybridized carbons (Fsp3) is 0.200. The van der Waals surface area contributed by atoms with Crippen LogP contribution in [-0.2, 0) is 12.8 Å². The highest BCUT2D eigenvalue weighted by Crippen LogP contribution is 2.40. The molecular formula is C30H23F6N3O3S. The Kier molecular flexibility index (Phi) is 8.30. The van der Waals surface area contributed by atoms with Crippen molar-refractivity contribution in [2.24, 2.45) is 0 Å². The molecule has 2 heterocycles. The molecule has 0 spiro atoms. The summed E-state index contributed by atoms with van der Waals surface area (Å²) < 4.78 is 92.6. The molecule has 0 amide bonds. The van der Waals surface area contributed by atoms with Crippen LogP contribution in [-0.4, -0.2) is 32.5 Å². The van der Waals surface area contributed by atoms with Gasteiger partial charge in [-0.15, -0.1) is 11.8 Å². The summed E-state index contributed by atoms with van der Waals surface area (Å²) in [4.78, 5) is 8.74. The minimum atomic E-state index is -4.69. The van der Waals surface area contributed by atoms with Gasteiger partial charge in [-0.1, -0.05) is 6.07 Å². The first kappa shape index (κ1) is 30.2. The van der Waals surface area contributed by atoms with Gasteiger partial charge in [0.15, 0.2) is 17.3 Å². The van der Waals surface area contributed by atoms with Crippen molar-refractivity contribution in [3.63, 3.8) is 0 Å². The van der Waals surface area contributed by atoms with Crippen LogP contribution in [0.3, 0.4) is 0 Å². The second-order valence-corrected chi connectivity index (χ2v) is 10.2. The van der Waals surface area contributed by atoms with Gasteiger partial charge in [-0.3, -0.25) is 0 Å². The summed E-state index contributed by atoms with van der Waals surface area (Å²) in [5.74, 6) is -0.180. The van der Waals surface area contributed by atoms with Gasteiger partial charge in [0.05, 0.1) is 12.3 Å². The molecule has 3 aromatic carbocycles. The van der Waals surface area contributed by atoms with E-state index in [9.17, 15) is 31.4 Å². The zero-order chi connectivity index (χ0) is 31.1. The highest BCUT2D eigenvalue weighted by Gasteiger charge is 2.35. The zero-order valence-electron chi connectivity index (χ0n) is 22.8. The normalized spacial score (nSPS) is 11.9. The number of hydrogen-bond donors (Lipinski definition) is 1. The van der Waals surface area contributed by atoms with Crippen LogP contribution in [0.1, 0.15) is 23.0 Å². The number of alkyl halides is 5. The molecule has 0 saturated carbocycles. The maximum Gasteiger partial charge on any atom is 0.434 e. The number of thioether (sulfide) groups is 1. The lowest BCUT2D eigenvalue weighted by molar-refractivity contribution is -0.141. The summed E-state index contributed by atoms with van der Waals surface area (Å²) in [5, 5.41) is 9.63. The maximum atomic E-state index is 14.9. The topological polar surface area (TPSA) is 73.3 Å². The molecule has 5 aromatic rings. The number of aliphatic hydroxyl groups is 1. The van der Waals surface area contributed by atoms with Crippen molar-refractivity contribution in [3.8, 4) is 45.1 Å². The lowest BCUT2D eigenvalue weighted by atomic mass is 9.97. The summed E-state index contributed by atoms with van der Waals surface area (Å²) in [6.07, 6.45) is -2.07.